The fraction of sp³-hybridized carbons (Fsp3) is 0.692. The van der Waals surface area contributed by atoms with Gasteiger partial charge in [-0.2, -0.15) is 0 Å². The van der Waals surface area contributed by atoms with Gasteiger partial charge in [0.25, 0.3) is 5.91 Å². The molecule has 0 aliphatic carbocycles. The largest absolute Gasteiger partial charge is 0.382 e. The molecule has 4 N–H and O–H groups in total. The summed E-state index contributed by atoms with van der Waals surface area (Å²) in [4.78, 5) is 20.9. The van der Waals surface area contributed by atoms with Gasteiger partial charge in [-0.15, -0.1) is 0 Å². The van der Waals surface area contributed by atoms with E-state index in [1.54, 1.807) is 11.9 Å². The number of carbonyl (C=O) groups is 1. The molecule has 1 fully saturated rings. The minimum Gasteiger partial charge on any atom is -0.382 e. The maximum absolute atomic E-state index is 12.4. The molecule has 1 atom stereocenters. The first-order valence-corrected chi connectivity index (χ1v) is 7.94. The third-order valence-electron chi connectivity index (χ3n) is 3.45. The van der Waals surface area contributed by atoms with Crippen molar-refractivity contribution in [1.82, 2.24) is 9.88 Å². The summed E-state index contributed by atoms with van der Waals surface area (Å²) in [5.41, 5.74) is 11.8. The first-order valence-electron chi connectivity index (χ1n) is 7.13. The molecular weight excluding hydrogens is 290 g/mol. The average Bonchev–Trinajstić information content (AvgIpc) is 3.04. The van der Waals surface area contributed by atoms with Crippen LogP contribution in [0.4, 0.5) is 10.9 Å². The number of hydrogen-bond donors (Lipinski definition) is 2. The summed E-state index contributed by atoms with van der Waals surface area (Å²) in [7, 11) is 1.74. The van der Waals surface area contributed by atoms with E-state index in [4.69, 9.17) is 16.2 Å². The number of ether oxygens (including phenoxy) is 1. The number of amides is 1. The van der Waals surface area contributed by atoms with Crippen LogP contribution < -0.4 is 16.4 Å². The van der Waals surface area contributed by atoms with E-state index >= 15 is 0 Å². The molecule has 0 radical (unpaired) electrons. The Kier molecular flexibility index (Phi) is 5.38. The van der Waals surface area contributed by atoms with Crippen LogP contribution in [0.25, 0.3) is 0 Å². The lowest BCUT2D eigenvalue weighted by Gasteiger charge is -2.16. The average molecular weight is 313 g/mol. The zero-order chi connectivity index (χ0) is 15.4. The summed E-state index contributed by atoms with van der Waals surface area (Å²) < 4.78 is 5.26. The second kappa shape index (κ2) is 7.06. The van der Waals surface area contributed by atoms with Crippen molar-refractivity contribution in [3.8, 4) is 0 Å². The van der Waals surface area contributed by atoms with Crippen LogP contribution in [0.15, 0.2) is 0 Å². The molecule has 1 aliphatic heterocycles. The minimum atomic E-state index is -0.112. The number of thiazole rings is 1. The van der Waals surface area contributed by atoms with E-state index in [0.29, 0.717) is 30.5 Å². The second-order valence-corrected chi connectivity index (χ2v) is 6.11. The highest BCUT2D eigenvalue weighted by Crippen LogP contribution is 2.30. The Morgan fingerprint density at radius 2 is 2.38 bits per heavy atom. The van der Waals surface area contributed by atoms with Crippen LogP contribution in [0.1, 0.15) is 23.0 Å². The molecule has 2 rings (SSSR count). The summed E-state index contributed by atoms with van der Waals surface area (Å²) in [6.45, 7) is 5.25. The Morgan fingerprint density at radius 1 is 1.62 bits per heavy atom. The molecular formula is C13H23N5O2S. The molecule has 1 aromatic rings. The number of likely N-dealkylation sites (N-methyl/N-ethyl adjacent to an activating group) is 1. The van der Waals surface area contributed by atoms with Crippen LogP contribution in [0, 0.1) is 0 Å². The number of nitrogens with zero attached hydrogens (tertiary/aromatic N) is 3. The Hall–Kier alpha value is -1.38. The zero-order valence-corrected chi connectivity index (χ0v) is 13.4. The smallest absolute Gasteiger partial charge is 0.267 e. The fourth-order valence-electron chi connectivity index (χ4n) is 2.19. The first-order chi connectivity index (χ1) is 10.0. The van der Waals surface area contributed by atoms with Gasteiger partial charge < -0.3 is 26.0 Å². The SMILES string of the molecule is CCOCCN(C)C(=O)c1sc(N2CCC(N)C2)nc1N. The van der Waals surface area contributed by atoms with E-state index in [-0.39, 0.29) is 11.9 Å². The number of nitrogen functional groups attached to an aromatic ring is 1. The van der Waals surface area contributed by atoms with Gasteiger partial charge in [0.05, 0.1) is 6.61 Å². The monoisotopic (exact) mass is 313 g/mol. The van der Waals surface area contributed by atoms with Crippen molar-refractivity contribution >= 4 is 28.2 Å². The topological polar surface area (TPSA) is 97.7 Å². The van der Waals surface area contributed by atoms with E-state index < -0.39 is 0 Å². The van der Waals surface area contributed by atoms with Crippen molar-refractivity contribution in [3.05, 3.63) is 4.88 Å². The van der Waals surface area contributed by atoms with Crippen LogP contribution >= 0.6 is 11.3 Å². The number of anilines is 2. The van der Waals surface area contributed by atoms with E-state index in [0.717, 1.165) is 24.6 Å². The fourth-order valence-corrected chi connectivity index (χ4v) is 3.21. The summed E-state index contributed by atoms with van der Waals surface area (Å²) >= 11 is 1.34. The van der Waals surface area contributed by atoms with E-state index in [2.05, 4.69) is 9.88 Å². The van der Waals surface area contributed by atoms with Gasteiger partial charge in [-0.1, -0.05) is 11.3 Å². The molecule has 0 spiro atoms. The van der Waals surface area contributed by atoms with Crippen LogP contribution in [0.2, 0.25) is 0 Å². The van der Waals surface area contributed by atoms with Gasteiger partial charge in [-0.3, -0.25) is 4.79 Å². The number of aromatic nitrogens is 1. The summed E-state index contributed by atoms with van der Waals surface area (Å²) in [5, 5.41) is 0.780. The van der Waals surface area contributed by atoms with Crippen LogP contribution in [-0.2, 0) is 4.74 Å². The van der Waals surface area contributed by atoms with Crippen LogP contribution in [-0.4, -0.2) is 61.7 Å². The van der Waals surface area contributed by atoms with Gasteiger partial charge >= 0.3 is 0 Å². The highest BCUT2D eigenvalue weighted by Gasteiger charge is 2.26. The van der Waals surface area contributed by atoms with Gasteiger partial charge in [-0.05, 0) is 13.3 Å². The van der Waals surface area contributed by atoms with E-state index in [1.807, 2.05) is 6.92 Å². The van der Waals surface area contributed by atoms with Gasteiger partial charge in [0.2, 0.25) is 0 Å². The Bertz CT molecular complexity index is 493. The van der Waals surface area contributed by atoms with Crippen molar-refractivity contribution in [2.75, 3.05) is 50.5 Å². The molecule has 2 heterocycles. The van der Waals surface area contributed by atoms with E-state index in [1.165, 1.54) is 11.3 Å². The number of hydrogen-bond acceptors (Lipinski definition) is 7. The minimum absolute atomic E-state index is 0.112. The summed E-state index contributed by atoms with van der Waals surface area (Å²) in [6, 6.07) is 0.170. The lowest BCUT2D eigenvalue weighted by atomic mass is 10.3. The molecule has 0 aromatic carbocycles. The van der Waals surface area contributed by atoms with Gasteiger partial charge in [0.15, 0.2) is 5.13 Å². The van der Waals surface area contributed by atoms with Crippen molar-refractivity contribution in [2.45, 2.75) is 19.4 Å². The molecule has 1 saturated heterocycles. The molecule has 7 nitrogen and oxygen atoms in total. The molecule has 1 aromatic heterocycles. The predicted octanol–water partition coefficient (Wildman–Crippen LogP) is 0.371. The lowest BCUT2D eigenvalue weighted by Crippen LogP contribution is -2.30. The molecule has 21 heavy (non-hydrogen) atoms. The van der Waals surface area contributed by atoms with Gasteiger partial charge in [0.1, 0.15) is 10.7 Å². The van der Waals surface area contributed by atoms with Crippen molar-refractivity contribution in [2.24, 2.45) is 5.73 Å². The molecule has 1 amide bonds. The van der Waals surface area contributed by atoms with Crippen molar-refractivity contribution in [1.29, 1.82) is 0 Å². The Balaban J connectivity index is 2.02. The summed E-state index contributed by atoms with van der Waals surface area (Å²) in [6.07, 6.45) is 0.941. The first kappa shape index (κ1) is 16.0. The Morgan fingerprint density at radius 3 is 3.00 bits per heavy atom. The zero-order valence-electron chi connectivity index (χ0n) is 12.5. The number of nitrogens with two attached hydrogens (primary N) is 2. The molecule has 8 heteroatoms. The third kappa shape index (κ3) is 3.84. The van der Waals surface area contributed by atoms with Crippen LogP contribution in [0.3, 0.4) is 0 Å². The highest BCUT2D eigenvalue weighted by atomic mass is 32.1. The third-order valence-corrected chi connectivity index (χ3v) is 4.57. The molecule has 1 aliphatic rings. The second-order valence-electron chi connectivity index (χ2n) is 5.13. The maximum Gasteiger partial charge on any atom is 0.267 e. The highest BCUT2D eigenvalue weighted by molar-refractivity contribution is 7.18. The molecule has 118 valence electrons. The summed E-state index contributed by atoms with van der Waals surface area (Å²) in [5.74, 6) is 0.183. The maximum atomic E-state index is 12.4. The number of carbonyl (C=O) groups excluding carboxylic acids is 1. The van der Waals surface area contributed by atoms with Gasteiger partial charge in [0, 0.05) is 39.3 Å². The normalized spacial score (nSPS) is 18.2. The van der Waals surface area contributed by atoms with Gasteiger partial charge in [-0.25, -0.2) is 4.98 Å². The Labute approximate surface area is 128 Å². The number of rotatable bonds is 6. The quantitative estimate of drug-likeness (QED) is 0.737. The molecule has 0 bridgehead atoms. The molecule has 0 saturated carbocycles. The lowest BCUT2D eigenvalue weighted by molar-refractivity contribution is 0.0715. The molecule has 1 unspecified atom stereocenters. The van der Waals surface area contributed by atoms with Crippen molar-refractivity contribution in [3.63, 3.8) is 0 Å². The predicted molar refractivity (Wildman–Crippen MR) is 84.8 cm³/mol. The van der Waals surface area contributed by atoms with Crippen molar-refractivity contribution < 1.29 is 9.53 Å². The standard InChI is InChI=1S/C13H23N5O2S/c1-3-20-7-6-17(2)12(19)10-11(15)16-13(21-10)18-5-4-9(14)8-18/h9H,3-8,14-15H2,1-2H3. The van der Waals surface area contributed by atoms with E-state index in [9.17, 15) is 4.79 Å². The van der Waals surface area contributed by atoms with Crippen LogP contribution in [0.5, 0.6) is 0 Å².